The van der Waals surface area contributed by atoms with Gasteiger partial charge in [-0.1, -0.05) is 48.6 Å². The van der Waals surface area contributed by atoms with E-state index in [0.717, 1.165) is 48.6 Å². The number of para-hydroxylation sites is 2. The van der Waals surface area contributed by atoms with Crippen LogP contribution in [0.1, 0.15) is 11.1 Å². The van der Waals surface area contributed by atoms with Crippen LogP contribution in [0.25, 0.3) is 12.2 Å². The molecule has 22 nitrogen and oxygen atoms in total. The number of benzene rings is 4. The Balaban J connectivity index is 1.26. The van der Waals surface area contributed by atoms with Gasteiger partial charge in [0.15, 0.2) is 0 Å². The molecule has 0 fully saturated rings. The van der Waals surface area contributed by atoms with Gasteiger partial charge in [-0.15, -0.1) is 0 Å². The van der Waals surface area contributed by atoms with Gasteiger partial charge in [0, 0.05) is 11.4 Å². The number of halogens is 2. The lowest BCUT2D eigenvalue weighted by atomic mass is 10.1. The van der Waals surface area contributed by atoms with Crippen molar-refractivity contribution in [2.75, 3.05) is 21.3 Å². The largest absolute Gasteiger partial charge is 0.324 e. The number of nitrogens with zero attached hydrogens (tertiary/aromatic N) is 6. The first-order valence-corrected chi connectivity index (χ1v) is 21.7. The lowest BCUT2D eigenvalue weighted by Crippen LogP contribution is -2.09. The molecule has 8 N–H and O–H groups in total. The van der Waals surface area contributed by atoms with Crippen molar-refractivity contribution < 1.29 is 60.7 Å². The zero-order valence-electron chi connectivity index (χ0n) is 29.4. The Bertz CT molecular complexity index is 2950. The molecule has 0 aliphatic rings. The van der Waals surface area contributed by atoms with Gasteiger partial charge in [0.25, 0.3) is 40.5 Å². The molecule has 0 aliphatic heterocycles. The molecule has 0 amide bonds. The lowest BCUT2D eigenvalue weighted by Gasteiger charge is -2.12. The molecule has 0 aliphatic carbocycles. The van der Waals surface area contributed by atoms with Crippen LogP contribution in [0.2, 0.25) is 0 Å². The van der Waals surface area contributed by atoms with Gasteiger partial charge in [0.05, 0.1) is 11.4 Å². The van der Waals surface area contributed by atoms with Crippen molar-refractivity contribution in [2.24, 2.45) is 0 Å². The summed E-state index contributed by atoms with van der Waals surface area (Å²) in [6, 6.07) is 16.5. The summed E-state index contributed by atoms with van der Waals surface area (Å²) in [6.45, 7) is 0. The van der Waals surface area contributed by atoms with Crippen molar-refractivity contribution >= 4 is 99.2 Å². The van der Waals surface area contributed by atoms with Gasteiger partial charge in [0.2, 0.25) is 23.8 Å². The van der Waals surface area contributed by atoms with Gasteiger partial charge in [-0.2, -0.15) is 72.4 Å². The third kappa shape index (κ3) is 10.7. The smallest absolute Gasteiger partial charge is 0.315 e. The van der Waals surface area contributed by atoms with Gasteiger partial charge in [-0.05, 0) is 59.7 Å². The highest BCUT2D eigenvalue weighted by Crippen LogP contribution is 2.29. The van der Waals surface area contributed by atoms with Crippen molar-refractivity contribution in [3.05, 3.63) is 108 Å². The molecule has 0 unspecified atom stereocenters. The summed E-state index contributed by atoms with van der Waals surface area (Å²) in [5, 5.41) is 9.88. The third-order valence-corrected chi connectivity index (χ3v) is 11.2. The van der Waals surface area contributed by atoms with E-state index in [1.165, 1.54) is 48.5 Å². The molecule has 28 heteroatoms. The molecule has 4 aromatic carbocycles. The summed E-state index contributed by atoms with van der Waals surface area (Å²) in [4.78, 5) is 18.9. The standard InChI is InChI=1S/C32H24F2N10O12S4/c33-27-39-29(43-31(41-27)37-21-5-1-3-7-23(21)57(45,46)47)35-19-13-11-17(25(15-19)59(51,52)53)9-10-18-12-14-20(16-26(18)60(54,55)56)36-30-40-28(34)42-32(44-30)38-22-6-2-4-8-24(22)58(48,49)50/h1-16H,(H,45,46,47)(H,48,49,50)(H,51,52,53)(H,54,55,56)(H2,35,37,39,41,43)(H2,36,38,40,42,44)/b10-9+. The van der Waals surface area contributed by atoms with E-state index in [1.807, 2.05) is 0 Å². The predicted octanol–water partition coefficient (Wildman–Crippen LogP) is 4.47. The number of anilines is 8. The van der Waals surface area contributed by atoms with E-state index in [-0.39, 0.29) is 33.9 Å². The lowest BCUT2D eigenvalue weighted by molar-refractivity contribution is 0.480. The molecule has 0 saturated heterocycles. The number of hydrogen-bond acceptors (Lipinski definition) is 18. The minimum atomic E-state index is -5.03. The molecule has 6 aromatic rings. The van der Waals surface area contributed by atoms with E-state index in [9.17, 15) is 60.7 Å². The molecule has 2 heterocycles. The van der Waals surface area contributed by atoms with Crippen LogP contribution >= 0.6 is 0 Å². The van der Waals surface area contributed by atoms with Crippen LogP contribution in [0, 0.1) is 12.2 Å². The van der Waals surface area contributed by atoms with E-state index in [2.05, 4.69) is 51.2 Å². The molecule has 0 saturated carbocycles. The Kier molecular flexibility index (Phi) is 11.8. The summed E-state index contributed by atoms with van der Waals surface area (Å²) in [5.41, 5.74) is -1.19. The van der Waals surface area contributed by atoms with Crippen LogP contribution in [0.5, 0.6) is 0 Å². The van der Waals surface area contributed by atoms with Crippen LogP contribution in [-0.2, 0) is 40.5 Å². The fraction of sp³-hybridized carbons (Fsp3) is 0. The van der Waals surface area contributed by atoms with E-state index in [1.54, 1.807) is 0 Å². The van der Waals surface area contributed by atoms with E-state index in [0.29, 0.717) is 0 Å². The molecule has 0 atom stereocenters. The number of rotatable bonds is 14. The first-order chi connectivity index (χ1) is 28.0. The third-order valence-electron chi connectivity index (χ3n) is 7.58. The zero-order chi connectivity index (χ0) is 43.6. The minimum Gasteiger partial charge on any atom is -0.324 e. The molecule has 0 spiro atoms. The van der Waals surface area contributed by atoms with Crippen LogP contribution in [0.4, 0.5) is 55.3 Å². The second kappa shape index (κ2) is 16.5. The van der Waals surface area contributed by atoms with E-state index in [4.69, 9.17) is 0 Å². The fourth-order valence-corrected chi connectivity index (χ4v) is 7.85. The minimum absolute atomic E-state index is 0.139. The number of nitrogens with one attached hydrogen (secondary N) is 4. The van der Waals surface area contributed by atoms with Crippen molar-refractivity contribution in [1.29, 1.82) is 0 Å². The summed E-state index contributed by atoms with van der Waals surface area (Å²) >= 11 is 0. The molecule has 312 valence electrons. The summed E-state index contributed by atoms with van der Waals surface area (Å²) in [7, 11) is -19.5. The number of hydrogen-bond donors (Lipinski definition) is 8. The first kappa shape index (κ1) is 42.9. The Morgan fingerprint density at radius 3 is 1.07 bits per heavy atom. The Morgan fingerprint density at radius 1 is 0.417 bits per heavy atom. The quantitative estimate of drug-likeness (QED) is 0.0552. The average Bonchev–Trinajstić information content (AvgIpc) is 3.13. The van der Waals surface area contributed by atoms with Crippen molar-refractivity contribution in [2.45, 2.75) is 19.6 Å². The molecule has 6 rings (SSSR count). The predicted molar refractivity (Wildman–Crippen MR) is 207 cm³/mol. The molecular weight excluding hydrogens is 883 g/mol. The van der Waals surface area contributed by atoms with Crippen LogP contribution < -0.4 is 21.3 Å². The topological polar surface area (TPSA) is 343 Å². The van der Waals surface area contributed by atoms with Gasteiger partial charge in [-0.25, -0.2) is 0 Å². The van der Waals surface area contributed by atoms with Gasteiger partial charge < -0.3 is 21.3 Å². The second-order valence-corrected chi connectivity index (χ2v) is 17.3. The Morgan fingerprint density at radius 2 is 0.733 bits per heavy atom. The fourth-order valence-electron chi connectivity index (χ4n) is 5.14. The van der Waals surface area contributed by atoms with Crippen molar-refractivity contribution in [3.8, 4) is 0 Å². The number of aromatic nitrogens is 6. The highest BCUT2D eigenvalue weighted by Gasteiger charge is 2.21. The first-order valence-electron chi connectivity index (χ1n) is 16.0. The summed E-state index contributed by atoms with van der Waals surface area (Å²) in [6.07, 6.45) is -0.616. The Hall–Kier alpha value is -6.66. The average molecular weight is 907 g/mol. The van der Waals surface area contributed by atoms with Gasteiger partial charge in [-0.3, -0.25) is 18.2 Å². The summed E-state index contributed by atoms with van der Waals surface area (Å²) in [5.74, 6) is -2.12. The SMILES string of the molecule is O=S(=O)(O)c1cc(Nc2nc(F)nc(Nc3ccccc3S(=O)(=O)O)n2)ccc1/C=C/c1ccc(Nc2nc(F)nc(Nc3ccccc3S(=O)(=O)O)n2)cc1S(=O)(=O)O. The maximum atomic E-state index is 14.4. The monoisotopic (exact) mass is 906 g/mol. The van der Waals surface area contributed by atoms with Gasteiger partial charge in [0.1, 0.15) is 19.6 Å². The van der Waals surface area contributed by atoms with E-state index >= 15 is 0 Å². The maximum absolute atomic E-state index is 14.4. The molecular formula is C32H24F2N10O12S4. The second-order valence-electron chi connectivity index (χ2n) is 11.7. The zero-order valence-corrected chi connectivity index (χ0v) is 32.6. The highest BCUT2D eigenvalue weighted by molar-refractivity contribution is 7.86. The van der Waals surface area contributed by atoms with E-state index < -0.39 is 96.0 Å². The molecule has 0 radical (unpaired) electrons. The maximum Gasteiger partial charge on any atom is 0.315 e. The van der Waals surface area contributed by atoms with Crippen LogP contribution in [0.15, 0.2) is 105 Å². The molecule has 2 aromatic heterocycles. The normalized spacial score (nSPS) is 12.3. The van der Waals surface area contributed by atoms with Crippen molar-refractivity contribution in [1.82, 2.24) is 29.9 Å². The van der Waals surface area contributed by atoms with Crippen LogP contribution in [-0.4, -0.2) is 81.8 Å². The Labute approximate surface area is 337 Å². The van der Waals surface area contributed by atoms with Crippen molar-refractivity contribution in [3.63, 3.8) is 0 Å². The molecule has 60 heavy (non-hydrogen) atoms. The molecule has 0 bridgehead atoms. The summed E-state index contributed by atoms with van der Waals surface area (Å²) < 4.78 is 165. The highest BCUT2D eigenvalue weighted by atomic mass is 32.2. The van der Waals surface area contributed by atoms with Crippen LogP contribution in [0.3, 0.4) is 0 Å². The van der Waals surface area contributed by atoms with Gasteiger partial charge >= 0.3 is 12.2 Å².